The number of aryl methyl sites for hydroxylation is 1. The predicted octanol–water partition coefficient (Wildman–Crippen LogP) is 2.69. The molecule has 0 radical (unpaired) electrons. The Kier molecular flexibility index (Phi) is 5.69. The third kappa shape index (κ3) is 4.39. The monoisotopic (exact) mass is 351 g/mol. The summed E-state index contributed by atoms with van der Waals surface area (Å²) in [5.74, 6) is -0.760. The highest BCUT2D eigenvalue weighted by atomic mass is 32.2. The molecule has 7 heteroatoms. The number of hydrogen-bond acceptors (Lipinski definition) is 4. The van der Waals surface area contributed by atoms with Gasteiger partial charge >= 0.3 is 0 Å². The van der Waals surface area contributed by atoms with Crippen LogP contribution in [0.1, 0.15) is 22.8 Å². The Morgan fingerprint density at radius 1 is 1.21 bits per heavy atom. The molecule has 0 saturated heterocycles. The molecule has 0 aliphatic rings. The molecule has 5 nitrogen and oxygen atoms in total. The molecule has 0 saturated carbocycles. The fourth-order valence-corrected chi connectivity index (χ4v) is 3.22. The molecule has 2 aromatic carbocycles. The van der Waals surface area contributed by atoms with Crippen LogP contribution in [0.25, 0.3) is 0 Å². The molecule has 2 aromatic rings. The summed E-state index contributed by atoms with van der Waals surface area (Å²) in [6.45, 7) is 3.62. The number of carbonyl (C=O) groups excluding carboxylic acids is 1. The Balaban J connectivity index is 2.15. The second-order valence-corrected chi connectivity index (χ2v) is 6.88. The predicted molar refractivity (Wildman–Crippen MR) is 88.3 cm³/mol. The molecular formula is C17H18FNO4S. The number of benzene rings is 2. The van der Waals surface area contributed by atoms with Crippen molar-refractivity contribution in [1.82, 2.24) is 4.72 Å². The average Bonchev–Trinajstić information content (AvgIpc) is 2.52. The van der Waals surface area contributed by atoms with Crippen LogP contribution in [0.2, 0.25) is 0 Å². The Morgan fingerprint density at radius 2 is 1.92 bits per heavy atom. The van der Waals surface area contributed by atoms with E-state index in [1.807, 2.05) is 13.8 Å². The first-order valence-corrected chi connectivity index (χ1v) is 8.83. The molecule has 0 heterocycles. The quantitative estimate of drug-likeness (QED) is 0.779. The third-order valence-corrected chi connectivity index (χ3v) is 4.67. The molecule has 0 bridgehead atoms. The third-order valence-electron chi connectivity index (χ3n) is 3.23. The topological polar surface area (TPSA) is 72.5 Å². The molecule has 24 heavy (non-hydrogen) atoms. The number of ketones is 1. The molecule has 128 valence electrons. The molecular weight excluding hydrogens is 333 g/mol. The van der Waals surface area contributed by atoms with Crippen LogP contribution in [0.5, 0.6) is 5.75 Å². The highest BCUT2D eigenvalue weighted by molar-refractivity contribution is 7.89. The van der Waals surface area contributed by atoms with Gasteiger partial charge in [0.05, 0.1) is 13.2 Å². The van der Waals surface area contributed by atoms with Gasteiger partial charge in [-0.25, -0.2) is 17.5 Å². The van der Waals surface area contributed by atoms with Crippen molar-refractivity contribution in [3.63, 3.8) is 0 Å². The van der Waals surface area contributed by atoms with Gasteiger partial charge in [0.25, 0.3) is 0 Å². The van der Waals surface area contributed by atoms with Gasteiger partial charge in [0, 0.05) is 5.56 Å². The molecule has 0 amide bonds. The summed E-state index contributed by atoms with van der Waals surface area (Å²) in [6.07, 6.45) is 0. The van der Waals surface area contributed by atoms with Crippen molar-refractivity contribution in [3.8, 4) is 5.75 Å². The first kappa shape index (κ1) is 18.1. The number of nitrogens with one attached hydrogen (secondary N) is 1. The van der Waals surface area contributed by atoms with Crippen molar-refractivity contribution in [2.24, 2.45) is 0 Å². The lowest BCUT2D eigenvalue weighted by Gasteiger charge is -2.09. The SMILES string of the molecule is CCOc1cc(C)cc(C(=O)CNS(=O)(=O)c2ccccc2F)c1. The van der Waals surface area contributed by atoms with E-state index in [0.29, 0.717) is 17.9 Å². The zero-order valence-electron chi connectivity index (χ0n) is 13.4. The van der Waals surface area contributed by atoms with Crippen molar-refractivity contribution in [2.75, 3.05) is 13.2 Å². The average molecular weight is 351 g/mol. The Bertz CT molecular complexity index is 849. The highest BCUT2D eigenvalue weighted by Gasteiger charge is 2.20. The van der Waals surface area contributed by atoms with Gasteiger partial charge in [-0.3, -0.25) is 4.79 Å². The molecule has 1 N–H and O–H groups in total. The van der Waals surface area contributed by atoms with Gasteiger partial charge in [-0.2, -0.15) is 0 Å². The molecule has 0 unspecified atom stereocenters. The summed E-state index contributed by atoms with van der Waals surface area (Å²) in [7, 11) is -4.10. The summed E-state index contributed by atoms with van der Waals surface area (Å²) in [6, 6.07) is 9.96. The maximum absolute atomic E-state index is 13.6. The molecule has 0 aromatic heterocycles. The Hall–Kier alpha value is -2.25. The van der Waals surface area contributed by atoms with Gasteiger partial charge in [-0.15, -0.1) is 0 Å². The van der Waals surface area contributed by atoms with Crippen molar-refractivity contribution < 1.29 is 22.3 Å². The lowest BCUT2D eigenvalue weighted by molar-refractivity contribution is 0.0996. The van der Waals surface area contributed by atoms with Crippen molar-refractivity contribution in [3.05, 3.63) is 59.4 Å². The molecule has 2 rings (SSSR count). The Labute approximate surface area is 140 Å². The second-order valence-electron chi connectivity index (χ2n) is 5.15. The lowest BCUT2D eigenvalue weighted by Crippen LogP contribution is -2.30. The van der Waals surface area contributed by atoms with E-state index >= 15 is 0 Å². The van der Waals surface area contributed by atoms with Crippen LogP contribution in [0.15, 0.2) is 47.4 Å². The van der Waals surface area contributed by atoms with E-state index in [2.05, 4.69) is 4.72 Å². The van der Waals surface area contributed by atoms with E-state index in [4.69, 9.17) is 4.74 Å². The van der Waals surface area contributed by atoms with E-state index in [9.17, 15) is 17.6 Å². The summed E-state index contributed by atoms with van der Waals surface area (Å²) >= 11 is 0. The smallest absolute Gasteiger partial charge is 0.243 e. The molecule has 0 aliphatic carbocycles. The van der Waals surface area contributed by atoms with Crippen LogP contribution in [0.3, 0.4) is 0 Å². The summed E-state index contributed by atoms with van der Waals surface area (Å²) in [4.78, 5) is 11.8. The fraction of sp³-hybridized carbons (Fsp3) is 0.235. The Morgan fingerprint density at radius 3 is 2.58 bits per heavy atom. The minimum absolute atomic E-state index is 0.328. The van der Waals surface area contributed by atoms with Crippen LogP contribution in [-0.2, 0) is 10.0 Å². The van der Waals surface area contributed by atoms with E-state index < -0.39 is 33.1 Å². The molecule has 0 atom stereocenters. The summed E-state index contributed by atoms with van der Waals surface area (Å²) in [5.41, 5.74) is 1.15. The highest BCUT2D eigenvalue weighted by Crippen LogP contribution is 2.18. The zero-order chi connectivity index (χ0) is 17.7. The fourth-order valence-electron chi connectivity index (χ4n) is 2.16. The second kappa shape index (κ2) is 7.55. The van der Waals surface area contributed by atoms with Crippen molar-refractivity contribution in [1.29, 1.82) is 0 Å². The number of ether oxygens (including phenoxy) is 1. The van der Waals surface area contributed by atoms with Crippen LogP contribution in [-0.4, -0.2) is 27.4 Å². The first-order valence-electron chi connectivity index (χ1n) is 7.35. The standard InChI is InChI=1S/C17H18FNO4S/c1-3-23-14-9-12(2)8-13(10-14)16(20)11-19-24(21,22)17-7-5-4-6-15(17)18/h4-10,19H,3,11H2,1-2H3. The van der Waals surface area contributed by atoms with E-state index in [-0.39, 0.29) is 0 Å². The minimum atomic E-state index is -4.10. The number of sulfonamides is 1. The number of halogens is 1. The lowest BCUT2D eigenvalue weighted by atomic mass is 10.1. The number of rotatable bonds is 7. The first-order chi connectivity index (χ1) is 11.3. The van der Waals surface area contributed by atoms with Crippen molar-refractivity contribution >= 4 is 15.8 Å². The van der Waals surface area contributed by atoms with Gasteiger partial charge < -0.3 is 4.74 Å². The number of carbonyl (C=O) groups is 1. The number of Topliss-reactive ketones (excluding diaryl/α,β-unsaturated/α-hetero) is 1. The van der Waals surface area contributed by atoms with Gasteiger partial charge in [0.15, 0.2) is 5.78 Å². The van der Waals surface area contributed by atoms with Crippen LogP contribution in [0.4, 0.5) is 4.39 Å². The van der Waals surface area contributed by atoms with Crippen molar-refractivity contribution in [2.45, 2.75) is 18.7 Å². The van der Waals surface area contributed by atoms with Gasteiger partial charge in [-0.05, 0) is 49.7 Å². The van der Waals surface area contributed by atoms with Gasteiger partial charge in [0.2, 0.25) is 10.0 Å². The number of hydrogen-bond donors (Lipinski definition) is 1. The van der Waals surface area contributed by atoms with Gasteiger partial charge in [0.1, 0.15) is 16.5 Å². The summed E-state index contributed by atoms with van der Waals surface area (Å²) < 4.78 is 45.3. The minimum Gasteiger partial charge on any atom is -0.494 e. The zero-order valence-corrected chi connectivity index (χ0v) is 14.2. The largest absolute Gasteiger partial charge is 0.494 e. The van der Waals surface area contributed by atoms with E-state index in [1.165, 1.54) is 12.1 Å². The van der Waals surface area contributed by atoms with Crippen LogP contribution in [0, 0.1) is 12.7 Å². The van der Waals surface area contributed by atoms with E-state index in [0.717, 1.165) is 17.7 Å². The molecule has 0 fully saturated rings. The molecule has 0 aliphatic heterocycles. The molecule has 0 spiro atoms. The van der Waals surface area contributed by atoms with E-state index in [1.54, 1.807) is 18.2 Å². The summed E-state index contributed by atoms with van der Waals surface area (Å²) in [5, 5.41) is 0. The maximum atomic E-state index is 13.6. The van der Waals surface area contributed by atoms with Crippen LogP contribution < -0.4 is 9.46 Å². The van der Waals surface area contributed by atoms with Gasteiger partial charge in [-0.1, -0.05) is 12.1 Å². The normalized spacial score (nSPS) is 11.3. The van der Waals surface area contributed by atoms with Crippen LogP contribution >= 0.6 is 0 Å². The maximum Gasteiger partial charge on any atom is 0.243 e.